The van der Waals surface area contributed by atoms with E-state index in [9.17, 15) is 9.59 Å². The van der Waals surface area contributed by atoms with Crippen LogP contribution >= 0.6 is 0 Å². The highest BCUT2D eigenvalue weighted by molar-refractivity contribution is 6.07. The second kappa shape index (κ2) is 7.99. The molecular formula is C30H22O4. The number of hydrogen-bond acceptors (Lipinski definition) is 4. The van der Waals surface area contributed by atoms with Crippen molar-refractivity contribution in [2.75, 3.05) is 0 Å². The largest absolute Gasteiger partial charge is 0.457 e. The topological polar surface area (TPSA) is 52.6 Å². The molecule has 4 heteroatoms. The highest BCUT2D eigenvalue weighted by Crippen LogP contribution is 2.58. The van der Waals surface area contributed by atoms with Crippen LogP contribution in [0.3, 0.4) is 0 Å². The van der Waals surface area contributed by atoms with Gasteiger partial charge in [-0.05, 0) is 34.4 Å². The third-order valence-corrected chi connectivity index (χ3v) is 6.97. The van der Waals surface area contributed by atoms with Crippen LogP contribution in [0.1, 0.15) is 29.0 Å². The van der Waals surface area contributed by atoms with Gasteiger partial charge in [0.15, 0.2) is 0 Å². The molecule has 4 nitrogen and oxygen atoms in total. The number of allylic oxidation sites excluding steroid dienone is 1. The average molecular weight is 447 g/mol. The Bertz CT molecular complexity index is 1450. The van der Waals surface area contributed by atoms with Crippen LogP contribution in [-0.4, -0.2) is 11.9 Å². The molecule has 2 unspecified atom stereocenters. The van der Waals surface area contributed by atoms with Gasteiger partial charge in [-0.15, -0.1) is 0 Å². The number of ether oxygens (including phenoxy) is 2. The van der Waals surface area contributed by atoms with E-state index in [4.69, 9.17) is 9.47 Å². The lowest BCUT2D eigenvalue weighted by Gasteiger charge is -2.31. The van der Waals surface area contributed by atoms with Crippen LogP contribution in [0.4, 0.5) is 0 Å². The average Bonchev–Trinajstić information content (AvgIpc) is 3.42. The first-order valence-corrected chi connectivity index (χ1v) is 11.4. The van der Waals surface area contributed by atoms with Crippen LogP contribution in [-0.2, 0) is 26.3 Å². The highest BCUT2D eigenvalue weighted by atomic mass is 16.5. The highest BCUT2D eigenvalue weighted by Gasteiger charge is 2.61. The zero-order valence-corrected chi connectivity index (χ0v) is 18.4. The Balaban J connectivity index is 1.47. The van der Waals surface area contributed by atoms with E-state index in [0.717, 1.165) is 27.5 Å². The van der Waals surface area contributed by atoms with Crippen molar-refractivity contribution in [1.82, 2.24) is 0 Å². The summed E-state index contributed by atoms with van der Waals surface area (Å²) in [5.41, 5.74) is 1.75. The first kappa shape index (κ1) is 20.4. The molecule has 0 aromatic heterocycles. The van der Waals surface area contributed by atoms with Crippen molar-refractivity contribution >= 4 is 22.7 Å². The third-order valence-electron chi connectivity index (χ3n) is 6.97. The molecule has 0 radical (unpaired) electrons. The summed E-state index contributed by atoms with van der Waals surface area (Å²) in [6.45, 7) is 0.142. The minimum absolute atomic E-state index is 0.142. The number of carbonyl (C=O) groups is 2. The maximum atomic E-state index is 13.7. The lowest BCUT2D eigenvalue weighted by molar-refractivity contribution is -0.145. The van der Waals surface area contributed by atoms with E-state index >= 15 is 0 Å². The van der Waals surface area contributed by atoms with Crippen molar-refractivity contribution in [2.45, 2.75) is 24.4 Å². The fraction of sp³-hybridized carbons (Fsp3) is 0.133. The number of hydrogen-bond donors (Lipinski definition) is 0. The maximum Gasteiger partial charge on any atom is 0.335 e. The standard InChI is InChI=1S/C30H22O4/c31-28(33-19-20-9-2-1-3-10-20)26-18-17-24(23-14-8-12-21-11-4-5-13-22(21)23)30(26)25-15-6-7-16-27(25)34-29(30)32/h1-16,18,24H,17,19H2. The summed E-state index contributed by atoms with van der Waals surface area (Å²) in [6.07, 6.45) is 2.40. The number of esters is 2. The smallest absolute Gasteiger partial charge is 0.335 e. The van der Waals surface area contributed by atoms with Gasteiger partial charge in [0.25, 0.3) is 0 Å². The van der Waals surface area contributed by atoms with E-state index in [1.807, 2.05) is 72.8 Å². The van der Waals surface area contributed by atoms with Gasteiger partial charge in [0.2, 0.25) is 0 Å². The zero-order chi connectivity index (χ0) is 23.1. The van der Waals surface area contributed by atoms with E-state index in [1.165, 1.54) is 0 Å². The minimum atomic E-state index is -1.24. The second-order valence-corrected chi connectivity index (χ2v) is 8.73. The summed E-state index contributed by atoms with van der Waals surface area (Å²) in [5.74, 6) is -0.692. The fourth-order valence-corrected chi connectivity index (χ4v) is 5.48. The number of para-hydroxylation sites is 1. The number of rotatable bonds is 4. The summed E-state index contributed by atoms with van der Waals surface area (Å²) in [4.78, 5) is 27.2. The molecular weight excluding hydrogens is 424 g/mol. The van der Waals surface area contributed by atoms with E-state index < -0.39 is 17.4 Å². The Hall–Kier alpha value is -4.18. The molecule has 0 saturated carbocycles. The molecule has 2 aliphatic rings. The summed E-state index contributed by atoms with van der Waals surface area (Å²) in [7, 11) is 0. The fourth-order valence-electron chi connectivity index (χ4n) is 5.48. The maximum absolute atomic E-state index is 13.7. The lowest BCUT2D eigenvalue weighted by Crippen LogP contribution is -2.41. The van der Waals surface area contributed by atoms with E-state index in [-0.39, 0.29) is 12.5 Å². The van der Waals surface area contributed by atoms with Crippen LogP contribution in [0.25, 0.3) is 10.8 Å². The van der Waals surface area contributed by atoms with Gasteiger partial charge in [-0.1, -0.05) is 97.1 Å². The Morgan fingerprint density at radius 2 is 1.62 bits per heavy atom. The SMILES string of the molecule is O=C(OCc1ccccc1)C1=CCC(c2cccc3ccccc23)C12C(=O)Oc1ccccc12. The summed E-state index contributed by atoms with van der Waals surface area (Å²) in [6, 6.07) is 31.2. The van der Waals surface area contributed by atoms with Crippen molar-refractivity contribution in [3.05, 3.63) is 125 Å². The van der Waals surface area contributed by atoms with Gasteiger partial charge in [-0.3, -0.25) is 4.79 Å². The minimum Gasteiger partial charge on any atom is -0.457 e. The molecule has 1 heterocycles. The third kappa shape index (κ3) is 2.99. The Morgan fingerprint density at radius 3 is 2.50 bits per heavy atom. The molecule has 0 bridgehead atoms. The predicted molar refractivity (Wildman–Crippen MR) is 129 cm³/mol. The molecule has 0 amide bonds. The van der Waals surface area contributed by atoms with Crippen molar-refractivity contribution in [2.24, 2.45) is 0 Å². The number of carbonyl (C=O) groups excluding carboxylic acids is 2. The van der Waals surface area contributed by atoms with E-state index in [2.05, 4.69) is 24.3 Å². The van der Waals surface area contributed by atoms with E-state index in [1.54, 1.807) is 6.07 Å². The molecule has 6 rings (SSSR count). The van der Waals surface area contributed by atoms with Crippen molar-refractivity contribution in [3.8, 4) is 5.75 Å². The molecule has 0 fully saturated rings. The van der Waals surface area contributed by atoms with Gasteiger partial charge in [-0.25, -0.2) is 4.79 Å². The molecule has 4 aromatic carbocycles. The van der Waals surface area contributed by atoms with Gasteiger partial charge >= 0.3 is 11.9 Å². The summed E-state index contributed by atoms with van der Waals surface area (Å²) >= 11 is 0. The summed E-state index contributed by atoms with van der Waals surface area (Å²) in [5, 5.41) is 2.16. The van der Waals surface area contributed by atoms with Gasteiger partial charge in [-0.2, -0.15) is 0 Å². The van der Waals surface area contributed by atoms with Crippen LogP contribution in [0.15, 0.2) is 109 Å². The molecule has 1 aliphatic carbocycles. The number of benzene rings is 4. The Kier molecular flexibility index (Phi) is 4.80. The van der Waals surface area contributed by atoms with Gasteiger partial charge in [0.05, 0.1) is 5.57 Å². The molecule has 34 heavy (non-hydrogen) atoms. The molecule has 2 atom stereocenters. The Labute approximate surface area is 197 Å². The van der Waals surface area contributed by atoms with Crippen LogP contribution in [0.2, 0.25) is 0 Å². The second-order valence-electron chi connectivity index (χ2n) is 8.73. The number of fused-ring (bicyclic) bond motifs is 3. The normalized spacial score (nSPS) is 20.8. The molecule has 166 valence electrons. The zero-order valence-electron chi connectivity index (χ0n) is 18.4. The predicted octanol–water partition coefficient (Wildman–Crippen LogP) is 5.85. The Morgan fingerprint density at radius 1 is 0.882 bits per heavy atom. The monoisotopic (exact) mass is 446 g/mol. The quantitative estimate of drug-likeness (QED) is 0.291. The van der Waals surface area contributed by atoms with Crippen molar-refractivity contribution in [1.29, 1.82) is 0 Å². The van der Waals surface area contributed by atoms with Gasteiger partial charge in [0.1, 0.15) is 17.8 Å². The summed E-state index contributed by atoms with van der Waals surface area (Å²) < 4.78 is 11.5. The molecule has 1 spiro atoms. The van der Waals surface area contributed by atoms with Crippen LogP contribution in [0.5, 0.6) is 5.75 Å². The van der Waals surface area contributed by atoms with Crippen molar-refractivity contribution in [3.63, 3.8) is 0 Å². The van der Waals surface area contributed by atoms with Crippen LogP contribution in [0, 0.1) is 0 Å². The van der Waals surface area contributed by atoms with Crippen molar-refractivity contribution < 1.29 is 19.1 Å². The molecule has 0 saturated heterocycles. The first-order chi connectivity index (χ1) is 16.7. The molecule has 4 aromatic rings. The van der Waals surface area contributed by atoms with E-state index in [0.29, 0.717) is 17.7 Å². The van der Waals surface area contributed by atoms with Crippen LogP contribution < -0.4 is 4.74 Å². The first-order valence-electron chi connectivity index (χ1n) is 11.4. The molecule has 0 N–H and O–H groups in total. The van der Waals surface area contributed by atoms with Gasteiger partial charge < -0.3 is 9.47 Å². The lowest BCUT2D eigenvalue weighted by atomic mass is 9.66. The molecule has 1 aliphatic heterocycles. The van der Waals surface area contributed by atoms with Gasteiger partial charge in [0, 0.05) is 11.5 Å².